The van der Waals surface area contributed by atoms with Crippen molar-refractivity contribution in [3.05, 3.63) is 82.8 Å². The lowest BCUT2D eigenvalue weighted by Crippen LogP contribution is -2.10. The number of nitrogens with one attached hydrogen (secondary N) is 1. The van der Waals surface area contributed by atoms with Crippen LogP contribution in [0.2, 0.25) is 0 Å². The third-order valence-electron chi connectivity index (χ3n) is 5.62. The number of rotatable bonds is 10. The maximum absolute atomic E-state index is 12.6. The van der Waals surface area contributed by atoms with Crippen molar-refractivity contribution in [2.75, 3.05) is 13.7 Å². The Bertz CT molecular complexity index is 1300. The van der Waals surface area contributed by atoms with Crippen molar-refractivity contribution in [1.82, 2.24) is 15.0 Å². The molecule has 0 aliphatic heterocycles. The van der Waals surface area contributed by atoms with Crippen molar-refractivity contribution in [3.63, 3.8) is 0 Å². The summed E-state index contributed by atoms with van der Waals surface area (Å²) in [5.41, 5.74) is 4.74. The topological polar surface area (TPSA) is 86.3 Å². The van der Waals surface area contributed by atoms with Gasteiger partial charge in [-0.1, -0.05) is 50.2 Å². The highest BCUT2D eigenvalue weighted by molar-refractivity contribution is 6.05. The molecule has 35 heavy (non-hydrogen) atoms. The zero-order valence-corrected chi connectivity index (χ0v) is 20.6. The van der Waals surface area contributed by atoms with Gasteiger partial charge in [-0.05, 0) is 42.5 Å². The Balaban J connectivity index is 1.72. The van der Waals surface area contributed by atoms with Crippen LogP contribution in [0, 0.1) is 5.92 Å². The number of nitrogens with zero attached hydrogens (tertiary/aromatic N) is 2. The van der Waals surface area contributed by atoms with E-state index in [4.69, 9.17) is 24.2 Å². The van der Waals surface area contributed by atoms with Crippen LogP contribution in [0.4, 0.5) is 0 Å². The standard InChI is InChI=1S/C28H31N3O4/c1-5-34-28(32)21-12-9-13-22-25(21)20(16-29-22)15-24-26(33-4)30-23(14-18(2)3)27(31-24)35-17-19-10-7-6-8-11-19/h6-13,16,18,29H,5,14-15,17H2,1-4H3. The molecule has 4 aromatic rings. The molecule has 182 valence electrons. The van der Waals surface area contributed by atoms with Crippen molar-refractivity contribution in [2.45, 2.75) is 40.2 Å². The van der Waals surface area contributed by atoms with E-state index in [0.717, 1.165) is 27.7 Å². The fourth-order valence-corrected chi connectivity index (χ4v) is 4.06. The van der Waals surface area contributed by atoms with Crippen LogP contribution in [0.3, 0.4) is 0 Å². The summed E-state index contributed by atoms with van der Waals surface area (Å²) in [7, 11) is 1.59. The van der Waals surface area contributed by atoms with Crippen LogP contribution in [-0.4, -0.2) is 34.6 Å². The minimum absolute atomic E-state index is 0.313. The van der Waals surface area contributed by atoms with Gasteiger partial charge in [-0.2, -0.15) is 0 Å². The average Bonchev–Trinajstić information content (AvgIpc) is 3.27. The summed E-state index contributed by atoms with van der Waals surface area (Å²) in [5, 5.41) is 0.813. The quantitative estimate of drug-likeness (QED) is 0.306. The van der Waals surface area contributed by atoms with Crippen LogP contribution in [-0.2, 0) is 24.2 Å². The normalized spacial score (nSPS) is 11.1. The van der Waals surface area contributed by atoms with Crippen molar-refractivity contribution < 1.29 is 19.0 Å². The fourth-order valence-electron chi connectivity index (χ4n) is 4.06. The lowest BCUT2D eigenvalue weighted by molar-refractivity contribution is 0.0528. The fraction of sp³-hybridized carbons (Fsp3) is 0.321. The number of methoxy groups -OCH3 is 1. The van der Waals surface area contributed by atoms with Crippen LogP contribution in [0.1, 0.15) is 53.6 Å². The summed E-state index contributed by atoms with van der Waals surface area (Å²) in [6.45, 7) is 6.77. The Morgan fingerprint density at radius 1 is 1.00 bits per heavy atom. The molecule has 7 heteroatoms. The zero-order valence-electron chi connectivity index (χ0n) is 20.6. The van der Waals surface area contributed by atoms with E-state index in [0.29, 0.717) is 55.0 Å². The van der Waals surface area contributed by atoms with Gasteiger partial charge in [0.1, 0.15) is 18.0 Å². The first-order chi connectivity index (χ1) is 17.0. The van der Waals surface area contributed by atoms with E-state index in [-0.39, 0.29) is 5.97 Å². The van der Waals surface area contributed by atoms with E-state index >= 15 is 0 Å². The molecule has 2 aromatic heterocycles. The highest BCUT2D eigenvalue weighted by Crippen LogP contribution is 2.30. The molecule has 0 radical (unpaired) electrons. The minimum atomic E-state index is -0.351. The molecule has 2 heterocycles. The van der Waals surface area contributed by atoms with E-state index in [2.05, 4.69) is 18.8 Å². The van der Waals surface area contributed by atoms with Crippen LogP contribution in [0.5, 0.6) is 11.8 Å². The van der Waals surface area contributed by atoms with E-state index in [1.54, 1.807) is 20.1 Å². The first-order valence-electron chi connectivity index (χ1n) is 11.9. The van der Waals surface area contributed by atoms with Gasteiger partial charge in [0.05, 0.1) is 19.3 Å². The maximum Gasteiger partial charge on any atom is 0.338 e. The number of hydrogen-bond donors (Lipinski definition) is 1. The largest absolute Gasteiger partial charge is 0.480 e. The van der Waals surface area contributed by atoms with Crippen molar-refractivity contribution >= 4 is 16.9 Å². The molecule has 0 saturated carbocycles. The second kappa shape index (κ2) is 11.0. The Labute approximate surface area is 205 Å². The van der Waals surface area contributed by atoms with Crippen LogP contribution in [0.15, 0.2) is 54.7 Å². The number of H-pyrrole nitrogens is 1. The lowest BCUT2D eigenvalue weighted by Gasteiger charge is -2.15. The molecule has 0 aliphatic rings. The molecule has 0 unspecified atom stereocenters. The van der Waals surface area contributed by atoms with E-state index in [9.17, 15) is 4.79 Å². The van der Waals surface area contributed by atoms with E-state index in [1.165, 1.54) is 0 Å². The molecule has 0 bridgehead atoms. The second-order valence-electron chi connectivity index (χ2n) is 8.74. The Hall–Kier alpha value is -3.87. The smallest absolute Gasteiger partial charge is 0.338 e. The summed E-state index contributed by atoms with van der Waals surface area (Å²) in [6.07, 6.45) is 3.02. The molecule has 0 fully saturated rings. The summed E-state index contributed by atoms with van der Waals surface area (Å²) in [5.74, 6) is 0.982. The molecule has 0 amide bonds. The van der Waals surface area contributed by atoms with Gasteiger partial charge in [-0.3, -0.25) is 0 Å². The van der Waals surface area contributed by atoms with Gasteiger partial charge in [0.2, 0.25) is 11.8 Å². The zero-order chi connectivity index (χ0) is 24.8. The number of aromatic amines is 1. The van der Waals surface area contributed by atoms with Gasteiger partial charge in [-0.15, -0.1) is 0 Å². The highest BCUT2D eigenvalue weighted by atomic mass is 16.5. The summed E-state index contributed by atoms with van der Waals surface area (Å²) < 4.78 is 17.1. The highest BCUT2D eigenvalue weighted by Gasteiger charge is 2.21. The third-order valence-corrected chi connectivity index (χ3v) is 5.62. The third kappa shape index (κ3) is 5.62. The SMILES string of the molecule is CCOC(=O)c1cccc2[nH]cc(Cc3nc(OCc4ccccc4)c(CC(C)C)nc3OC)c12. The first kappa shape index (κ1) is 24.3. The summed E-state index contributed by atoms with van der Waals surface area (Å²) in [6, 6.07) is 15.5. The number of aromatic nitrogens is 3. The average molecular weight is 474 g/mol. The molecule has 4 rings (SSSR count). The Morgan fingerprint density at radius 3 is 2.49 bits per heavy atom. The number of hydrogen-bond acceptors (Lipinski definition) is 6. The number of carbonyl (C=O) groups is 1. The monoisotopic (exact) mass is 473 g/mol. The lowest BCUT2D eigenvalue weighted by atomic mass is 10.0. The van der Waals surface area contributed by atoms with Gasteiger partial charge >= 0.3 is 5.97 Å². The first-order valence-corrected chi connectivity index (χ1v) is 11.9. The molecule has 0 aliphatic carbocycles. The molecule has 7 nitrogen and oxygen atoms in total. The molecule has 0 atom stereocenters. The number of ether oxygens (including phenoxy) is 3. The van der Waals surface area contributed by atoms with E-state index < -0.39 is 0 Å². The minimum Gasteiger partial charge on any atom is -0.480 e. The second-order valence-corrected chi connectivity index (χ2v) is 8.74. The number of esters is 1. The van der Waals surface area contributed by atoms with Gasteiger partial charge in [0.25, 0.3) is 0 Å². The predicted octanol–water partition coefficient (Wildman–Crippen LogP) is 5.51. The molecular formula is C28H31N3O4. The van der Waals surface area contributed by atoms with Gasteiger partial charge < -0.3 is 19.2 Å². The molecule has 2 aromatic carbocycles. The Kier molecular flexibility index (Phi) is 7.65. The summed E-state index contributed by atoms with van der Waals surface area (Å²) in [4.78, 5) is 25.5. The van der Waals surface area contributed by atoms with Crippen molar-refractivity contribution in [1.29, 1.82) is 0 Å². The molecule has 0 saturated heterocycles. The number of fused-ring (bicyclic) bond motifs is 1. The maximum atomic E-state index is 12.6. The number of carbonyl (C=O) groups excluding carboxylic acids is 1. The summed E-state index contributed by atoms with van der Waals surface area (Å²) >= 11 is 0. The number of benzene rings is 2. The van der Waals surface area contributed by atoms with Crippen LogP contribution < -0.4 is 9.47 Å². The van der Waals surface area contributed by atoms with Gasteiger partial charge in [0.15, 0.2) is 0 Å². The van der Waals surface area contributed by atoms with Crippen molar-refractivity contribution in [2.24, 2.45) is 5.92 Å². The predicted molar refractivity (Wildman–Crippen MR) is 135 cm³/mol. The van der Waals surface area contributed by atoms with Crippen LogP contribution in [0.25, 0.3) is 10.9 Å². The van der Waals surface area contributed by atoms with Crippen molar-refractivity contribution in [3.8, 4) is 11.8 Å². The molecular weight excluding hydrogens is 442 g/mol. The van der Waals surface area contributed by atoms with E-state index in [1.807, 2.05) is 48.7 Å². The molecule has 1 N–H and O–H groups in total. The van der Waals surface area contributed by atoms with Gasteiger partial charge in [0, 0.05) is 23.5 Å². The Morgan fingerprint density at radius 2 is 1.77 bits per heavy atom. The molecule has 0 spiro atoms. The van der Waals surface area contributed by atoms with Gasteiger partial charge in [-0.25, -0.2) is 14.8 Å². The van der Waals surface area contributed by atoms with Crippen LogP contribution >= 0.6 is 0 Å².